The van der Waals surface area contributed by atoms with Gasteiger partial charge in [-0.3, -0.25) is 14.4 Å². The molecule has 1 fully saturated rings. The molecule has 0 radical (unpaired) electrons. The SMILES string of the molecule is CCOC(=O)CCNC(N)=O.NC(=O)O/N=C(\N)c1ccc(N2CCCC2=O)cc1. The Morgan fingerprint density at radius 3 is 2.33 bits per heavy atom. The Kier molecular flexibility index (Phi) is 10.2. The highest BCUT2D eigenvalue weighted by atomic mass is 16.7. The number of carbonyl (C=O) groups is 4. The minimum atomic E-state index is -1.03. The number of hydrogen-bond acceptors (Lipinski definition) is 7. The minimum Gasteiger partial charge on any atom is -0.466 e. The number of nitrogens with one attached hydrogen (secondary N) is 1. The van der Waals surface area contributed by atoms with Gasteiger partial charge in [0.15, 0.2) is 5.84 Å². The van der Waals surface area contributed by atoms with Gasteiger partial charge in [-0.1, -0.05) is 5.16 Å². The lowest BCUT2D eigenvalue weighted by Gasteiger charge is -2.15. The van der Waals surface area contributed by atoms with Crippen molar-refractivity contribution in [2.45, 2.75) is 26.2 Å². The Morgan fingerprint density at radius 2 is 1.83 bits per heavy atom. The summed E-state index contributed by atoms with van der Waals surface area (Å²) < 4.78 is 4.59. The molecule has 0 bridgehead atoms. The number of anilines is 1. The van der Waals surface area contributed by atoms with Gasteiger partial charge in [-0.15, -0.1) is 0 Å². The van der Waals surface area contributed by atoms with Crippen LogP contribution in [0, 0.1) is 0 Å². The van der Waals surface area contributed by atoms with E-state index in [4.69, 9.17) is 17.2 Å². The number of nitrogens with zero attached hydrogens (tertiary/aromatic N) is 2. The number of carbonyl (C=O) groups excluding carboxylic acids is 4. The topological polar surface area (TPSA) is 192 Å². The molecule has 0 spiro atoms. The van der Waals surface area contributed by atoms with Gasteiger partial charge in [0.05, 0.1) is 13.0 Å². The number of rotatable bonds is 7. The molecule has 0 atom stereocenters. The molecule has 0 saturated carbocycles. The maximum atomic E-state index is 11.6. The number of ether oxygens (including phenoxy) is 1. The van der Waals surface area contributed by atoms with Crippen LogP contribution in [0.2, 0.25) is 0 Å². The average molecular weight is 422 g/mol. The number of esters is 1. The number of benzene rings is 1. The van der Waals surface area contributed by atoms with Crippen LogP contribution in [0.1, 0.15) is 31.7 Å². The van der Waals surface area contributed by atoms with Crippen molar-refractivity contribution in [1.82, 2.24) is 5.32 Å². The van der Waals surface area contributed by atoms with E-state index < -0.39 is 12.1 Å². The van der Waals surface area contributed by atoms with E-state index in [1.807, 2.05) is 0 Å². The summed E-state index contributed by atoms with van der Waals surface area (Å²) in [6.07, 6.45) is 0.591. The van der Waals surface area contributed by atoms with Crippen molar-refractivity contribution < 1.29 is 28.8 Å². The standard InChI is InChI=1S/C12H14N4O3.C6H12N2O3/c13-11(15-19-12(14)18)8-3-5-9(6-4-8)16-7-1-2-10(16)17;1-2-11-5(9)3-4-8-6(7)10/h3-6H,1-2,7H2,(H2,13,15)(H2,14,18);2-4H2,1H3,(H3,7,8,10). The first kappa shape index (κ1) is 24.2. The van der Waals surface area contributed by atoms with E-state index in [9.17, 15) is 19.2 Å². The summed E-state index contributed by atoms with van der Waals surface area (Å²) in [5, 5.41) is 5.65. The number of amides is 4. The van der Waals surface area contributed by atoms with Crippen LogP contribution >= 0.6 is 0 Å². The molecule has 1 aromatic carbocycles. The van der Waals surface area contributed by atoms with Gasteiger partial charge in [0, 0.05) is 30.8 Å². The predicted molar refractivity (Wildman–Crippen MR) is 108 cm³/mol. The second kappa shape index (κ2) is 12.6. The second-order valence-electron chi connectivity index (χ2n) is 5.93. The highest BCUT2D eigenvalue weighted by Gasteiger charge is 2.21. The molecule has 7 N–H and O–H groups in total. The van der Waals surface area contributed by atoms with Crippen molar-refractivity contribution in [1.29, 1.82) is 0 Å². The van der Waals surface area contributed by atoms with Crippen LogP contribution in [-0.2, 0) is 19.2 Å². The first-order valence-corrected chi connectivity index (χ1v) is 9.14. The van der Waals surface area contributed by atoms with Crippen LogP contribution in [0.4, 0.5) is 15.3 Å². The van der Waals surface area contributed by atoms with E-state index in [0.717, 1.165) is 18.7 Å². The van der Waals surface area contributed by atoms with Crippen LogP contribution in [0.25, 0.3) is 0 Å². The highest BCUT2D eigenvalue weighted by Crippen LogP contribution is 2.21. The average Bonchev–Trinajstić information content (AvgIpc) is 3.12. The molecule has 1 saturated heterocycles. The van der Waals surface area contributed by atoms with Gasteiger partial charge in [-0.25, -0.2) is 9.59 Å². The molecule has 12 nitrogen and oxygen atoms in total. The normalized spacial score (nSPS) is 13.2. The lowest BCUT2D eigenvalue weighted by Crippen LogP contribution is -2.31. The summed E-state index contributed by atoms with van der Waals surface area (Å²) in [5.74, 6) is -0.175. The lowest BCUT2D eigenvalue weighted by atomic mass is 10.2. The zero-order chi connectivity index (χ0) is 22.5. The number of oxime groups is 1. The molecule has 164 valence electrons. The van der Waals surface area contributed by atoms with Gasteiger partial charge in [0.1, 0.15) is 0 Å². The van der Waals surface area contributed by atoms with Crippen molar-refractivity contribution >= 4 is 35.5 Å². The number of hydrogen-bond donors (Lipinski definition) is 4. The third kappa shape index (κ3) is 8.91. The summed E-state index contributed by atoms with van der Waals surface area (Å²) in [5.41, 5.74) is 16.5. The van der Waals surface area contributed by atoms with Gasteiger partial charge < -0.3 is 32.2 Å². The van der Waals surface area contributed by atoms with Crippen molar-refractivity contribution in [3.05, 3.63) is 29.8 Å². The fourth-order valence-electron chi connectivity index (χ4n) is 2.40. The monoisotopic (exact) mass is 422 g/mol. The molecule has 30 heavy (non-hydrogen) atoms. The Hall–Kier alpha value is -3.83. The minimum absolute atomic E-state index is 0.0399. The molecule has 1 aliphatic heterocycles. The Bertz CT molecular complexity index is 780. The van der Waals surface area contributed by atoms with Crippen LogP contribution < -0.4 is 27.4 Å². The van der Waals surface area contributed by atoms with Gasteiger partial charge in [-0.05, 0) is 37.6 Å². The number of amidine groups is 1. The summed E-state index contributed by atoms with van der Waals surface area (Å²) in [6.45, 7) is 3.04. The summed E-state index contributed by atoms with van der Waals surface area (Å²) in [6, 6.07) is 6.30. The summed E-state index contributed by atoms with van der Waals surface area (Å²) in [7, 11) is 0. The van der Waals surface area contributed by atoms with Gasteiger partial charge in [0.25, 0.3) is 0 Å². The van der Waals surface area contributed by atoms with E-state index in [2.05, 4.69) is 20.0 Å². The first-order valence-electron chi connectivity index (χ1n) is 9.14. The third-order valence-corrected chi connectivity index (χ3v) is 3.72. The van der Waals surface area contributed by atoms with Gasteiger partial charge >= 0.3 is 18.1 Å². The zero-order valence-electron chi connectivity index (χ0n) is 16.6. The van der Waals surface area contributed by atoms with Crippen molar-refractivity contribution in [2.75, 3.05) is 24.6 Å². The van der Waals surface area contributed by atoms with Crippen LogP contribution in [0.3, 0.4) is 0 Å². The fourth-order valence-corrected chi connectivity index (χ4v) is 2.40. The van der Waals surface area contributed by atoms with Crippen LogP contribution in [0.15, 0.2) is 29.4 Å². The zero-order valence-corrected chi connectivity index (χ0v) is 16.6. The smallest absolute Gasteiger partial charge is 0.430 e. The Labute approximate surface area is 173 Å². The quantitative estimate of drug-likeness (QED) is 0.158. The van der Waals surface area contributed by atoms with E-state index in [1.165, 1.54) is 0 Å². The van der Waals surface area contributed by atoms with Gasteiger partial charge in [-0.2, -0.15) is 0 Å². The highest BCUT2D eigenvalue weighted by molar-refractivity contribution is 5.99. The molecular formula is C18H26N6O6. The van der Waals surface area contributed by atoms with E-state index in [0.29, 0.717) is 18.6 Å². The predicted octanol–water partition coefficient (Wildman–Crippen LogP) is 0.137. The van der Waals surface area contributed by atoms with Crippen molar-refractivity contribution in [3.8, 4) is 0 Å². The van der Waals surface area contributed by atoms with E-state index >= 15 is 0 Å². The van der Waals surface area contributed by atoms with Crippen LogP contribution in [0.5, 0.6) is 0 Å². The number of nitrogens with two attached hydrogens (primary N) is 3. The lowest BCUT2D eigenvalue weighted by molar-refractivity contribution is -0.142. The molecule has 1 heterocycles. The molecule has 1 aliphatic rings. The molecule has 12 heteroatoms. The maximum absolute atomic E-state index is 11.6. The summed E-state index contributed by atoms with van der Waals surface area (Å²) >= 11 is 0. The molecule has 1 aromatic rings. The Morgan fingerprint density at radius 1 is 1.17 bits per heavy atom. The number of primary amides is 2. The maximum Gasteiger partial charge on any atom is 0.430 e. The van der Waals surface area contributed by atoms with Crippen molar-refractivity contribution in [2.24, 2.45) is 22.4 Å². The number of urea groups is 1. The second-order valence-corrected chi connectivity index (χ2v) is 5.93. The molecule has 4 amide bonds. The molecule has 0 aromatic heterocycles. The molecular weight excluding hydrogens is 396 g/mol. The molecule has 2 rings (SSSR count). The van der Waals surface area contributed by atoms with Crippen LogP contribution in [-0.4, -0.2) is 49.5 Å². The Balaban J connectivity index is 0.000000352. The molecule has 0 aliphatic carbocycles. The van der Waals surface area contributed by atoms with Gasteiger partial charge in [0.2, 0.25) is 5.91 Å². The van der Waals surface area contributed by atoms with E-state index in [-0.39, 0.29) is 30.7 Å². The van der Waals surface area contributed by atoms with Crippen molar-refractivity contribution in [3.63, 3.8) is 0 Å². The van der Waals surface area contributed by atoms with E-state index in [1.54, 1.807) is 36.1 Å². The third-order valence-electron chi connectivity index (χ3n) is 3.72. The first-order chi connectivity index (χ1) is 14.2. The molecule has 0 unspecified atom stereocenters. The fraction of sp³-hybridized carbons (Fsp3) is 0.389. The summed E-state index contributed by atoms with van der Waals surface area (Å²) in [4.78, 5) is 48.6. The largest absolute Gasteiger partial charge is 0.466 e.